The number of primary amides is 1. The van der Waals surface area contributed by atoms with Gasteiger partial charge in [-0.15, -0.1) is 5.10 Å². The predicted molar refractivity (Wildman–Crippen MR) is 100 cm³/mol. The summed E-state index contributed by atoms with van der Waals surface area (Å²) in [6.45, 7) is 1.64. The zero-order valence-electron chi connectivity index (χ0n) is 14.3. The van der Waals surface area contributed by atoms with Crippen molar-refractivity contribution < 1.29 is 13.6 Å². The van der Waals surface area contributed by atoms with Crippen LogP contribution in [0, 0.1) is 11.6 Å². The van der Waals surface area contributed by atoms with Crippen LogP contribution >= 0.6 is 23.2 Å². The molecule has 0 saturated heterocycles. The minimum absolute atomic E-state index is 0.0291. The minimum atomic E-state index is -0.821. The van der Waals surface area contributed by atoms with E-state index in [0.717, 1.165) is 12.1 Å². The Morgan fingerprint density at radius 2 is 1.82 bits per heavy atom. The molecule has 2 N–H and O–H groups in total. The number of carbonyl (C=O) groups is 1. The van der Waals surface area contributed by atoms with Crippen molar-refractivity contribution in [3.05, 3.63) is 74.8 Å². The molecule has 4 rings (SSSR count). The summed E-state index contributed by atoms with van der Waals surface area (Å²) in [5.74, 6) is -2.38. The molecule has 1 aromatic heterocycles. The molecular formula is C18H11Cl2F2N5O. The second kappa shape index (κ2) is 6.65. The number of aromatic nitrogens is 3. The Kier molecular flexibility index (Phi) is 4.40. The lowest BCUT2D eigenvalue weighted by Gasteiger charge is -2.14. The van der Waals surface area contributed by atoms with E-state index in [2.05, 4.69) is 15.1 Å². The van der Waals surface area contributed by atoms with Gasteiger partial charge in [0.15, 0.2) is 5.82 Å². The molecule has 142 valence electrons. The Balaban J connectivity index is 2.11. The van der Waals surface area contributed by atoms with E-state index in [-0.39, 0.29) is 38.5 Å². The van der Waals surface area contributed by atoms with Gasteiger partial charge >= 0.3 is 0 Å². The molecule has 28 heavy (non-hydrogen) atoms. The van der Waals surface area contributed by atoms with Crippen LogP contribution in [0.1, 0.15) is 40.5 Å². The molecule has 2 heterocycles. The summed E-state index contributed by atoms with van der Waals surface area (Å²) in [5.41, 5.74) is 5.39. The number of hydrogen-bond donors (Lipinski definition) is 1. The number of nitrogens with zero attached hydrogens (tertiary/aromatic N) is 4. The van der Waals surface area contributed by atoms with E-state index in [1.165, 1.54) is 16.8 Å². The van der Waals surface area contributed by atoms with Crippen LogP contribution in [0.25, 0.3) is 5.69 Å². The molecule has 0 spiro atoms. The molecule has 10 heteroatoms. The number of nitrogens with two attached hydrogens (primary N) is 1. The lowest BCUT2D eigenvalue weighted by molar-refractivity contribution is 0.0990. The summed E-state index contributed by atoms with van der Waals surface area (Å²) in [5, 5.41) is 4.32. The van der Waals surface area contributed by atoms with Gasteiger partial charge in [0.25, 0.3) is 5.91 Å². The molecule has 0 aliphatic carbocycles. The van der Waals surface area contributed by atoms with Crippen LogP contribution in [-0.4, -0.2) is 26.4 Å². The Hall–Kier alpha value is -2.84. The van der Waals surface area contributed by atoms with Gasteiger partial charge in [-0.05, 0) is 31.2 Å². The molecule has 0 fully saturated rings. The standard InChI is InChI=1S/C18H11Cl2F2N5O/c1-7-18-25-17(16(23)28)26-27(18)11-6-5-8(19)14(20)13(11)15(24-7)12-9(21)3-2-4-10(12)22/h2-7H,1H3,(H2,23,28)/t7-/m0/s1. The molecule has 0 saturated carbocycles. The van der Waals surface area contributed by atoms with Crippen molar-refractivity contribution in [1.29, 1.82) is 0 Å². The third-order valence-electron chi connectivity index (χ3n) is 4.29. The summed E-state index contributed by atoms with van der Waals surface area (Å²) in [4.78, 5) is 20.1. The molecule has 0 unspecified atom stereocenters. The second-order valence-corrected chi connectivity index (χ2v) is 6.86. The number of halogens is 4. The van der Waals surface area contributed by atoms with Crippen LogP contribution in [0.2, 0.25) is 10.0 Å². The maximum atomic E-state index is 14.5. The summed E-state index contributed by atoms with van der Waals surface area (Å²) in [6, 6.07) is 5.84. The van der Waals surface area contributed by atoms with Crippen LogP contribution in [0.5, 0.6) is 0 Å². The number of hydrogen-bond acceptors (Lipinski definition) is 4. The number of rotatable bonds is 2. The van der Waals surface area contributed by atoms with E-state index in [9.17, 15) is 13.6 Å². The fourth-order valence-corrected chi connectivity index (χ4v) is 3.45. The average Bonchev–Trinajstić information content (AvgIpc) is 3.04. The molecule has 1 atom stereocenters. The van der Waals surface area contributed by atoms with E-state index in [1.807, 2.05) is 0 Å². The van der Waals surface area contributed by atoms with Gasteiger partial charge in [-0.3, -0.25) is 9.79 Å². The normalized spacial score (nSPS) is 15.5. The first kappa shape index (κ1) is 18.5. The lowest BCUT2D eigenvalue weighted by atomic mass is 9.99. The molecule has 6 nitrogen and oxygen atoms in total. The van der Waals surface area contributed by atoms with Crippen LogP contribution in [-0.2, 0) is 0 Å². The van der Waals surface area contributed by atoms with Gasteiger partial charge in [0.2, 0.25) is 5.82 Å². The molecular weight excluding hydrogens is 411 g/mol. The predicted octanol–water partition coefficient (Wildman–Crippen LogP) is 3.86. The minimum Gasteiger partial charge on any atom is -0.363 e. The number of benzene rings is 2. The summed E-state index contributed by atoms with van der Waals surface area (Å²) >= 11 is 12.6. The highest BCUT2D eigenvalue weighted by Crippen LogP contribution is 2.37. The van der Waals surface area contributed by atoms with Gasteiger partial charge in [-0.25, -0.2) is 18.4 Å². The molecule has 1 aliphatic rings. The summed E-state index contributed by atoms with van der Waals surface area (Å²) in [6.07, 6.45) is 0. The molecule has 2 aromatic carbocycles. The van der Waals surface area contributed by atoms with Crippen molar-refractivity contribution in [3.8, 4) is 5.69 Å². The lowest BCUT2D eigenvalue weighted by Crippen LogP contribution is -2.15. The first-order valence-corrected chi connectivity index (χ1v) is 8.83. The number of amides is 1. The van der Waals surface area contributed by atoms with Gasteiger partial charge in [-0.2, -0.15) is 0 Å². The van der Waals surface area contributed by atoms with E-state index < -0.39 is 23.6 Å². The molecule has 1 amide bonds. The molecule has 0 radical (unpaired) electrons. The number of fused-ring (bicyclic) bond motifs is 3. The zero-order valence-corrected chi connectivity index (χ0v) is 15.8. The number of carbonyl (C=O) groups excluding carboxylic acids is 1. The molecule has 1 aliphatic heterocycles. The Morgan fingerprint density at radius 1 is 1.14 bits per heavy atom. The van der Waals surface area contributed by atoms with Crippen molar-refractivity contribution in [1.82, 2.24) is 14.8 Å². The third kappa shape index (κ3) is 2.76. The van der Waals surface area contributed by atoms with Crippen molar-refractivity contribution >= 4 is 34.8 Å². The highest BCUT2D eigenvalue weighted by Gasteiger charge is 2.31. The van der Waals surface area contributed by atoms with E-state index in [0.29, 0.717) is 5.69 Å². The summed E-state index contributed by atoms with van der Waals surface area (Å²) < 4.78 is 30.4. The second-order valence-electron chi connectivity index (χ2n) is 6.08. The largest absolute Gasteiger partial charge is 0.363 e. The highest BCUT2D eigenvalue weighted by atomic mass is 35.5. The molecule has 0 bridgehead atoms. The first-order chi connectivity index (χ1) is 13.3. The van der Waals surface area contributed by atoms with Crippen molar-refractivity contribution in [2.75, 3.05) is 0 Å². The maximum absolute atomic E-state index is 14.5. The van der Waals surface area contributed by atoms with Crippen LogP contribution < -0.4 is 5.73 Å². The van der Waals surface area contributed by atoms with Crippen LogP contribution in [0.3, 0.4) is 0 Å². The molecule has 3 aromatic rings. The smallest absolute Gasteiger partial charge is 0.288 e. The van der Waals surface area contributed by atoms with Gasteiger partial charge in [-0.1, -0.05) is 29.3 Å². The van der Waals surface area contributed by atoms with Crippen molar-refractivity contribution in [2.24, 2.45) is 10.7 Å². The van der Waals surface area contributed by atoms with Crippen molar-refractivity contribution in [2.45, 2.75) is 13.0 Å². The average molecular weight is 422 g/mol. The number of aliphatic imine (C=N–C) groups is 1. The monoisotopic (exact) mass is 421 g/mol. The fourth-order valence-electron chi connectivity index (χ4n) is 3.05. The Labute approximate surface area is 167 Å². The Bertz CT molecular complexity index is 1150. The topological polar surface area (TPSA) is 86.2 Å². The van der Waals surface area contributed by atoms with Gasteiger partial charge < -0.3 is 5.73 Å². The maximum Gasteiger partial charge on any atom is 0.288 e. The Morgan fingerprint density at radius 3 is 2.46 bits per heavy atom. The van der Waals surface area contributed by atoms with Crippen LogP contribution in [0.4, 0.5) is 8.78 Å². The van der Waals surface area contributed by atoms with E-state index in [4.69, 9.17) is 28.9 Å². The van der Waals surface area contributed by atoms with Gasteiger partial charge in [0.05, 0.1) is 27.0 Å². The summed E-state index contributed by atoms with van der Waals surface area (Å²) in [7, 11) is 0. The van der Waals surface area contributed by atoms with E-state index >= 15 is 0 Å². The fraction of sp³-hybridized carbons (Fsp3) is 0.111. The first-order valence-electron chi connectivity index (χ1n) is 8.07. The SMILES string of the molecule is C[C@@H]1N=C(c2c(F)cccc2F)c2c(ccc(Cl)c2Cl)-n2nc(C(N)=O)nc21. The third-order valence-corrected chi connectivity index (χ3v) is 5.09. The zero-order chi connectivity index (χ0) is 20.2. The van der Waals surface area contributed by atoms with E-state index in [1.54, 1.807) is 13.0 Å². The van der Waals surface area contributed by atoms with Gasteiger partial charge in [0.1, 0.15) is 17.7 Å². The van der Waals surface area contributed by atoms with Crippen molar-refractivity contribution in [3.63, 3.8) is 0 Å². The van der Waals surface area contributed by atoms with Gasteiger partial charge in [0, 0.05) is 5.56 Å². The quantitative estimate of drug-likeness (QED) is 0.681. The van der Waals surface area contributed by atoms with Crippen LogP contribution in [0.15, 0.2) is 35.3 Å². The highest BCUT2D eigenvalue weighted by molar-refractivity contribution is 6.45.